The Morgan fingerprint density at radius 3 is 1.89 bits per heavy atom. The summed E-state index contributed by atoms with van der Waals surface area (Å²) < 4.78 is 11.1. The van der Waals surface area contributed by atoms with Gasteiger partial charge in [-0.2, -0.15) is 0 Å². The van der Waals surface area contributed by atoms with E-state index in [1.165, 1.54) is 4.90 Å². The van der Waals surface area contributed by atoms with Gasteiger partial charge in [0, 0.05) is 43.9 Å². The highest BCUT2D eigenvalue weighted by Crippen LogP contribution is 2.13. The van der Waals surface area contributed by atoms with Crippen molar-refractivity contribution in [3.05, 3.63) is 59.7 Å². The number of nitrogen functional groups attached to an aromatic ring is 2. The summed E-state index contributed by atoms with van der Waals surface area (Å²) in [5.74, 6) is 0.552. The van der Waals surface area contributed by atoms with Crippen LogP contribution in [0.4, 0.5) is 0 Å². The molecule has 1 aliphatic heterocycles. The van der Waals surface area contributed by atoms with E-state index < -0.39 is 11.8 Å². The third kappa shape index (κ3) is 10.8. The molecule has 3 rings (SSSR count). The number of amidine groups is 2. The van der Waals surface area contributed by atoms with Crippen LogP contribution < -0.4 is 37.3 Å². The highest BCUT2D eigenvalue weighted by atomic mass is 16.5. The van der Waals surface area contributed by atoms with E-state index in [2.05, 4.69) is 10.6 Å². The molecule has 0 spiro atoms. The molecule has 2 amide bonds. The highest BCUT2D eigenvalue weighted by molar-refractivity contribution is 6.35. The van der Waals surface area contributed by atoms with E-state index in [0.29, 0.717) is 62.7 Å². The average molecular weight is 527 g/mol. The molecule has 0 radical (unpaired) electrons. The molecule has 10 N–H and O–H groups in total. The Hall–Kier alpha value is -4.16. The van der Waals surface area contributed by atoms with Crippen molar-refractivity contribution in [3.8, 4) is 11.5 Å². The van der Waals surface area contributed by atoms with Crippen LogP contribution in [-0.4, -0.2) is 80.9 Å². The van der Waals surface area contributed by atoms with Gasteiger partial charge in [0.25, 0.3) is 0 Å². The SMILES string of the molecule is N=C(N)c1ccc(OCCCN2CCNC(=O)C2=O)cc1.N=C(N)c1ccc(OCCCNCCN)cc1. The highest BCUT2D eigenvalue weighted by Gasteiger charge is 2.25. The molecular weight excluding hydrogens is 488 g/mol. The van der Waals surface area contributed by atoms with Crippen LogP contribution in [0.5, 0.6) is 11.5 Å². The molecule has 0 aromatic heterocycles. The molecule has 0 unspecified atom stereocenters. The largest absolute Gasteiger partial charge is 0.494 e. The third-order valence-electron chi connectivity index (χ3n) is 5.41. The van der Waals surface area contributed by atoms with Crippen molar-refractivity contribution in [3.63, 3.8) is 0 Å². The number of amides is 2. The van der Waals surface area contributed by atoms with Crippen LogP contribution >= 0.6 is 0 Å². The first-order valence-electron chi connectivity index (χ1n) is 12.4. The second kappa shape index (κ2) is 16.6. The summed E-state index contributed by atoms with van der Waals surface area (Å²) in [7, 11) is 0. The zero-order valence-electron chi connectivity index (χ0n) is 21.5. The molecule has 0 bridgehead atoms. The molecule has 2 aromatic rings. The first kappa shape index (κ1) is 30.1. The van der Waals surface area contributed by atoms with E-state index in [1.807, 2.05) is 12.1 Å². The Bertz CT molecular complexity index is 1040. The molecule has 12 heteroatoms. The number of hydrogen-bond donors (Lipinski definition) is 7. The Morgan fingerprint density at radius 2 is 1.39 bits per heavy atom. The van der Waals surface area contributed by atoms with Gasteiger partial charge < -0.3 is 42.2 Å². The number of ether oxygens (including phenoxy) is 2. The normalized spacial score (nSPS) is 12.7. The number of piperazine rings is 1. The van der Waals surface area contributed by atoms with Crippen LogP contribution in [0, 0.1) is 10.8 Å². The van der Waals surface area contributed by atoms with Crippen molar-refractivity contribution in [2.75, 3.05) is 52.5 Å². The Balaban J connectivity index is 0.000000273. The zero-order valence-corrected chi connectivity index (χ0v) is 21.5. The van der Waals surface area contributed by atoms with Gasteiger partial charge in [0.05, 0.1) is 13.2 Å². The monoisotopic (exact) mass is 526 g/mol. The molecule has 1 fully saturated rings. The summed E-state index contributed by atoms with van der Waals surface area (Å²) in [5.41, 5.74) is 17.4. The molecule has 12 nitrogen and oxygen atoms in total. The van der Waals surface area contributed by atoms with Crippen molar-refractivity contribution in [1.29, 1.82) is 10.8 Å². The number of carbonyl (C=O) groups excluding carboxylic acids is 2. The number of hydrogen-bond acceptors (Lipinski definition) is 8. The Kier molecular flexibility index (Phi) is 13.1. The Morgan fingerprint density at radius 1 is 0.868 bits per heavy atom. The zero-order chi connectivity index (χ0) is 27.8. The average Bonchev–Trinajstić information content (AvgIpc) is 2.92. The van der Waals surface area contributed by atoms with Crippen molar-refractivity contribution in [2.24, 2.45) is 17.2 Å². The third-order valence-corrected chi connectivity index (χ3v) is 5.41. The van der Waals surface area contributed by atoms with Crippen molar-refractivity contribution >= 4 is 23.5 Å². The molecule has 1 heterocycles. The van der Waals surface area contributed by atoms with Crippen LogP contribution in [0.2, 0.25) is 0 Å². The maximum atomic E-state index is 11.5. The van der Waals surface area contributed by atoms with Gasteiger partial charge in [-0.15, -0.1) is 0 Å². The molecule has 0 atom stereocenters. The second-order valence-corrected chi connectivity index (χ2v) is 8.37. The van der Waals surface area contributed by atoms with Crippen molar-refractivity contribution < 1.29 is 19.1 Å². The lowest BCUT2D eigenvalue weighted by molar-refractivity contribution is -0.148. The Labute approximate surface area is 222 Å². The standard InChI is InChI=1S/C14H18N4O3.C12H20N4O/c15-12(16)10-2-4-11(5-3-10)21-9-1-7-18-8-6-17-13(19)14(18)20;13-6-8-16-7-1-9-17-11-4-2-10(3-5-11)12(14)15/h2-5H,1,6-9H2,(H3,15,16)(H,17,19);2-5,16H,1,6-9,13H2,(H3,14,15). The van der Waals surface area contributed by atoms with Gasteiger partial charge >= 0.3 is 11.8 Å². The van der Waals surface area contributed by atoms with Crippen LogP contribution in [0.1, 0.15) is 24.0 Å². The van der Waals surface area contributed by atoms with E-state index in [0.717, 1.165) is 25.3 Å². The van der Waals surface area contributed by atoms with Gasteiger partial charge in [-0.25, -0.2) is 0 Å². The number of benzene rings is 2. The fraction of sp³-hybridized carbons (Fsp3) is 0.385. The maximum Gasteiger partial charge on any atom is 0.311 e. The van der Waals surface area contributed by atoms with Crippen LogP contribution in [-0.2, 0) is 9.59 Å². The topological polar surface area (TPSA) is 206 Å². The second-order valence-electron chi connectivity index (χ2n) is 8.37. The number of nitrogens with two attached hydrogens (primary N) is 3. The number of nitrogens with one attached hydrogen (secondary N) is 4. The van der Waals surface area contributed by atoms with E-state index in [-0.39, 0.29) is 11.7 Å². The smallest absolute Gasteiger partial charge is 0.311 e. The summed E-state index contributed by atoms with van der Waals surface area (Å²) >= 11 is 0. The molecular formula is C26H38N8O4. The van der Waals surface area contributed by atoms with E-state index in [4.69, 9.17) is 37.5 Å². The molecule has 0 aliphatic carbocycles. The molecule has 38 heavy (non-hydrogen) atoms. The van der Waals surface area contributed by atoms with Gasteiger partial charge in [-0.1, -0.05) is 0 Å². The molecule has 2 aromatic carbocycles. The number of carbonyl (C=O) groups is 2. The van der Waals surface area contributed by atoms with Gasteiger partial charge in [0.1, 0.15) is 23.2 Å². The minimum absolute atomic E-state index is 0.0171. The maximum absolute atomic E-state index is 11.5. The minimum Gasteiger partial charge on any atom is -0.494 e. The molecule has 0 saturated carbocycles. The lowest BCUT2D eigenvalue weighted by Crippen LogP contribution is -2.52. The predicted octanol–water partition coefficient (Wildman–Crippen LogP) is -0.0142. The van der Waals surface area contributed by atoms with Gasteiger partial charge in [0.2, 0.25) is 0 Å². The summed E-state index contributed by atoms with van der Waals surface area (Å²) in [5, 5.41) is 20.2. The molecule has 206 valence electrons. The molecule has 1 aliphatic rings. The lowest BCUT2D eigenvalue weighted by atomic mass is 10.2. The molecule has 1 saturated heterocycles. The first-order chi connectivity index (χ1) is 18.3. The van der Waals surface area contributed by atoms with E-state index in [1.54, 1.807) is 36.4 Å². The number of nitrogens with zero attached hydrogens (tertiary/aromatic N) is 1. The van der Waals surface area contributed by atoms with Crippen LogP contribution in [0.15, 0.2) is 48.5 Å². The van der Waals surface area contributed by atoms with Crippen molar-refractivity contribution in [2.45, 2.75) is 12.8 Å². The van der Waals surface area contributed by atoms with Crippen LogP contribution in [0.3, 0.4) is 0 Å². The van der Waals surface area contributed by atoms with Gasteiger partial charge in [0.15, 0.2) is 0 Å². The van der Waals surface area contributed by atoms with Gasteiger partial charge in [-0.3, -0.25) is 20.4 Å². The fourth-order valence-electron chi connectivity index (χ4n) is 3.36. The predicted molar refractivity (Wildman–Crippen MR) is 147 cm³/mol. The van der Waals surface area contributed by atoms with Crippen molar-refractivity contribution in [1.82, 2.24) is 15.5 Å². The number of rotatable bonds is 14. The summed E-state index contributed by atoms with van der Waals surface area (Å²) in [6.07, 6.45) is 1.59. The van der Waals surface area contributed by atoms with E-state index in [9.17, 15) is 9.59 Å². The lowest BCUT2D eigenvalue weighted by Gasteiger charge is -2.26. The minimum atomic E-state index is -0.540. The fourth-order valence-corrected chi connectivity index (χ4v) is 3.36. The first-order valence-corrected chi connectivity index (χ1v) is 12.4. The summed E-state index contributed by atoms with van der Waals surface area (Å²) in [6.45, 7) is 5.05. The quantitative estimate of drug-likeness (QED) is 0.0769. The van der Waals surface area contributed by atoms with Crippen LogP contribution in [0.25, 0.3) is 0 Å². The summed E-state index contributed by atoms with van der Waals surface area (Å²) in [4.78, 5) is 24.2. The van der Waals surface area contributed by atoms with E-state index >= 15 is 0 Å². The van der Waals surface area contributed by atoms with Gasteiger partial charge in [-0.05, 0) is 67.9 Å². The summed E-state index contributed by atoms with van der Waals surface area (Å²) in [6, 6.07) is 14.1.